The molecule has 1 N–H and O–H groups in total. The lowest BCUT2D eigenvalue weighted by atomic mass is 9.98. The Morgan fingerprint density at radius 3 is 2.65 bits per heavy atom. The third kappa shape index (κ3) is 3.93. The maximum atomic E-state index is 6.21. The lowest BCUT2D eigenvalue weighted by Crippen LogP contribution is -2.43. The van der Waals surface area contributed by atoms with Crippen LogP contribution in [-0.2, 0) is 17.9 Å². The number of nitrogens with one attached hydrogen (secondary N) is 1. The molecule has 4 heteroatoms. The lowest BCUT2D eigenvalue weighted by molar-refractivity contribution is -0.194. The van der Waals surface area contributed by atoms with E-state index in [0.717, 1.165) is 45.6 Å². The third-order valence-electron chi connectivity index (χ3n) is 5.56. The van der Waals surface area contributed by atoms with Gasteiger partial charge in [0.1, 0.15) is 0 Å². The second kappa shape index (κ2) is 8.21. The van der Waals surface area contributed by atoms with Crippen LogP contribution in [0.1, 0.15) is 36.1 Å². The Labute approximate surface area is 156 Å². The van der Waals surface area contributed by atoms with E-state index >= 15 is 0 Å². The number of rotatable bonds is 4. The summed E-state index contributed by atoms with van der Waals surface area (Å²) in [6.45, 7) is 8.20. The zero-order valence-corrected chi connectivity index (χ0v) is 15.7. The molecule has 1 saturated heterocycles. The Hall–Kier alpha value is -1.88. The normalized spacial score (nSPS) is 21.3. The van der Waals surface area contributed by atoms with E-state index in [-0.39, 0.29) is 6.04 Å². The Kier molecular flexibility index (Phi) is 5.54. The van der Waals surface area contributed by atoms with Gasteiger partial charge in [0.25, 0.3) is 0 Å². The van der Waals surface area contributed by atoms with E-state index in [0.29, 0.717) is 6.61 Å². The zero-order valence-electron chi connectivity index (χ0n) is 15.7. The summed E-state index contributed by atoms with van der Waals surface area (Å²) in [5.41, 5.74) is 5.47. The smallest absolute Gasteiger partial charge is 0.0936 e. The van der Waals surface area contributed by atoms with Crippen molar-refractivity contribution in [3.63, 3.8) is 0 Å². The molecule has 0 unspecified atom stereocenters. The van der Waals surface area contributed by atoms with Crippen molar-refractivity contribution in [3.05, 3.63) is 65.2 Å². The molecule has 2 heterocycles. The van der Waals surface area contributed by atoms with E-state index in [2.05, 4.69) is 64.7 Å². The highest BCUT2D eigenvalue weighted by Crippen LogP contribution is 2.32. The van der Waals surface area contributed by atoms with Gasteiger partial charge in [-0.05, 0) is 48.6 Å². The first kappa shape index (κ1) is 17.5. The van der Waals surface area contributed by atoms with Crippen LogP contribution in [0.25, 0.3) is 0 Å². The predicted octanol–water partition coefficient (Wildman–Crippen LogP) is 3.54. The van der Waals surface area contributed by atoms with Crippen LogP contribution in [-0.4, -0.2) is 37.8 Å². The summed E-state index contributed by atoms with van der Waals surface area (Å²) in [7, 11) is 0. The van der Waals surface area contributed by atoms with E-state index in [1.54, 1.807) is 0 Å². The molecule has 1 fully saturated rings. The molecule has 2 aromatic carbocycles. The second-order valence-corrected chi connectivity index (χ2v) is 7.30. The van der Waals surface area contributed by atoms with Gasteiger partial charge in [0, 0.05) is 38.4 Å². The largest absolute Gasteiger partial charge is 0.369 e. The monoisotopic (exact) mass is 351 g/mol. The van der Waals surface area contributed by atoms with Crippen LogP contribution in [0.2, 0.25) is 0 Å². The Morgan fingerprint density at radius 2 is 1.85 bits per heavy atom. The van der Waals surface area contributed by atoms with Gasteiger partial charge in [0.05, 0.1) is 12.6 Å². The maximum absolute atomic E-state index is 6.21. The summed E-state index contributed by atoms with van der Waals surface area (Å²) in [6, 6.07) is 17.7. The summed E-state index contributed by atoms with van der Waals surface area (Å²) in [5.74, 6) is 0. The first-order valence-electron chi connectivity index (χ1n) is 9.83. The minimum atomic E-state index is 0.277. The van der Waals surface area contributed by atoms with Crippen LogP contribution >= 0.6 is 0 Å². The van der Waals surface area contributed by atoms with Crippen molar-refractivity contribution in [2.24, 2.45) is 0 Å². The van der Waals surface area contributed by atoms with Gasteiger partial charge in [-0.2, -0.15) is 5.06 Å². The van der Waals surface area contributed by atoms with Gasteiger partial charge >= 0.3 is 0 Å². The maximum Gasteiger partial charge on any atom is 0.0936 e. The molecule has 0 bridgehead atoms. The number of hydrogen-bond donors (Lipinski definition) is 1. The molecule has 0 radical (unpaired) electrons. The molecule has 0 spiro atoms. The van der Waals surface area contributed by atoms with Crippen molar-refractivity contribution in [2.45, 2.75) is 32.4 Å². The highest BCUT2D eigenvalue weighted by molar-refractivity contribution is 5.52. The summed E-state index contributed by atoms with van der Waals surface area (Å²) in [6.07, 6.45) is 2.27. The van der Waals surface area contributed by atoms with Crippen LogP contribution < -0.4 is 10.2 Å². The van der Waals surface area contributed by atoms with Gasteiger partial charge in [0.15, 0.2) is 0 Å². The number of benzene rings is 2. The molecule has 138 valence electrons. The number of fused-ring (bicyclic) bond motifs is 1. The van der Waals surface area contributed by atoms with E-state index < -0.39 is 0 Å². The summed E-state index contributed by atoms with van der Waals surface area (Å²) in [5, 5.41) is 5.62. The molecular weight excluding hydrogens is 322 g/mol. The number of piperazine rings is 1. The molecular formula is C22H29N3O. The zero-order chi connectivity index (χ0) is 17.8. The van der Waals surface area contributed by atoms with E-state index in [1.807, 2.05) is 6.07 Å². The van der Waals surface area contributed by atoms with Crippen molar-refractivity contribution in [2.75, 3.05) is 37.6 Å². The van der Waals surface area contributed by atoms with Crippen molar-refractivity contribution >= 4 is 5.69 Å². The summed E-state index contributed by atoms with van der Waals surface area (Å²) < 4.78 is 0. The molecule has 0 saturated carbocycles. The van der Waals surface area contributed by atoms with Crippen LogP contribution in [0.4, 0.5) is 5.69 Å². The van der Waals surface area contributed by atoms with Gasteiger partial charge in [-0.25, -0.2) is 0 Å². The molecule has 0 amide bonds. The standard InChI is InChI=1S/C22H29N3O/c1-18-22-16-21(24-14-11-23-12-15-24)10-9-20(22)8-5-13-25(18)26-17-19-6-3-2-4-7-19/h2-4,6-7,9-10,16,18,23H,5,8,11-15,17H2,1H3/t18-/m0/s1. The Morgan fingerprint density at radius 1 is 1.04 bits per heavy atom. The fourth-order valence-electron chi connectivity index (χ4n) is 4.00. The minimum absolute atomic E-state index is 0.277. The van der Waals surface area contributed by atoms with Gasteiger partial charge in [-0.3, -0.25) is 4.84 Å². The van der Waals surface area contributed by atoms with Gasteiger partial charge in [-0.1, -0.05) is 36.4 Å². The average Bonchev–Trinajstić information content (AvgIpc) is 2.86. The molecule has 0 aliphatic carbocycles. The lowest BCUT2D eigenvalue weighted by Gasteiger charge is -2.31. The van der Waals surface area contributed by atoms with Crippen LogP contribution in [0.5, 0.6) is 0 Å². The number of hydrogen-bond acceptors (Lipinski definition) is 4. The highest BCUT2D eigenvalue weighted by atomic mass is 16.7. The van der Waals surface area contributed by atoms with Gasteiger partial charge < -0.3 is 10.2 Å². The Balaban J connectivity index is 1.51. The number of aryl methyl sites for hydroxylation is 1. The molecule has 26 heavy (non-hydrogen) atoms. The van der Waals surface area contributed by atoms with Crippen LogP contribution in [0.15, 0.2) is 48.5 Å². The van der Waals surface area contributed by atoms with Gasteiger partial charge in [-0.15, -0.1) is 0 Å². The number of anilines is 1. The fraction of sp³-hybridized carbons (Fsp3) is 0.455. The number of nitrogens with zero attached hydrogens (tertiary/aromatic N) is 2. The van der Waals surface area contributed by atoms with Crippen molar-refractivity contribution in [1.29, 1.82) is 0 Å². The second-order valence-electron chi connectivity index (χ2n) is 7.30. The van der Waals surface area contributed by atoms with E-state index in [4.69, 9.17) is 4.84 Å². The molecule has 2 aliphatic heterocycles. The third-order valence-corrected chi connectivity index (χ3v) is 5.56. The average molecular weight is 351 g/mol. The van der Waals surface area contributed by atoms with Crippen molar-refractivity contribution < 1.29 is 4.84 Å². The van der Waals surface area contributed by atoms with Crippen molar-refractivity contribution in [3.8, 4) is 0 Å². The number of hydroxylamine groups is 2. The van der Waals surface area contributed by atoms with Crippen LogP contribution in [0, 0.1) is 0 Å². The molecule has 0 aromatic heterocycles. The molecule has 2 aliphatic rings. The fourth-order valence-corrected chi connectivity index (χ4v) is 4.00. The van der Waals surface area contributed by atoms with E-state index in [9.17, 15) is 0 Å². The van der Waals surface area contributed by atoms with Crippen LogP contribution in [0.3, 0.4) is 0 Å². The van der Waals surface area contributed by atoms with E-state index in [1.165, 1.54) is 22.4 Å². The minimum Gasteiger partial charge on any atom is -0.369 e. The molecule has 4 rings (SSSR count). The summed E-state index contributed by atoms with van der Waals surface area (Å²) >= 11 is 0. The predicted molar refractivity (Wildman–Crippen MR) is 106 cm³/mol. The molecule has 2 aromatic rings. The SMILES string of the molecule is C[C@H]1c2cc(N3CCNCC3)ccc2CCCN1OCc1ccccc1. The first-order chi connectivity index (χ1) is 12.8. The summed E-state index contributed by atoms with van der Waals surface area (Å²) in [4.78, 5) is 8.70. The quantitative estimate of drug-likeness (QED) is 0.912. The first-order valence-corrected chi connectivity index (χ1v) is 9.83. The molecule has 4 nitrogen and oxygen atoms in total. The highest BCUT2D eigenvalue weighted by Gasteiger charge is 2.24. The van der Waals surface area contributed by atoms with Crippen molar-refractivity contribution in [1.82, 2.24) is 10.4 Å². The Bertz CT molecular complexity index is 713. The van der Waals surface area contributed by atoms with Gasteiger partial charge in [0.2, 0.25) is 0 Å². The topological polar surface area (TPSA) is 27.7 Å². The molecule has 1 atom stereocenters.